The summed E-state index contributed by atoms with van der Waals surface area (Å²) in [7, 11) is 1.60. The number of benzene rings is 2. The van der Waals surface area contributed by atoms with Gasteiger partial charge in [0, 0.05) is 12.3 Å². The lowest BCUT2D eigenvalue weighted by Crippen LogP contribution is -2.10. The van der Waals surface area contributed by atoms with E-state index in [2.05, 4.69) is 64.7 Å². The Bertz CT molecular complexity index is 752. The van der Waals surface area contributed by atoms with Crippen LogP contribution in [0.4, 0.5) is 5.95 Å². The second kappa shape index (κ2) is 5.79. The van der Waals surface area contributed by atoms with Crippen LogP contribution < -0.4 is 10.1 Å². The Morgan fingerprint density at radius 2 is 1.86 bits per heavy atom. The molecule has 1 atom stereocenters. The largest absolute Gasteiger partial charge is 0.481 e. The molecule has 0 bridgehead atoms. The molecule has 0 spiro atoms. The first-order valence-corrected chi connectivity index (χ1v) is 6.89. The van der Waals surface area contributed by atoms with Crippen molar-refractivity contribution in [1.82, 2.24) is 9.97 Å². The predicted octanol–water partition coefficient (Wildman–Crippen LogP) is 3.81. The fraction of sp³-hybridized carbons (Fsp3) is 0.176. The summed E-state index contributed by atoms with van der Waals surface area (Å²) in [6.45, 7) is 2.10. The van der Waals surface area contributed by atoms with Crippen LogP contribution in [0.2, 0.25) is 0 Å². The molecule has 0 unspecified atom stereocenters. The number of ether oxygens (including phenoxy) is 1. The number of fused-ring (bicyclic) bond motifs is 1. The van der Waals surface area contributed by atoms with Crippen molar-refractivity contribution < 1.29 is 4.74 Å². The van der Waals surface area contributed by atoms with Gasteiger partial charge in [-0.1, -0.05) is 42.5 Å². The highest BCUT2D eigenvalue weighted by Crippen LogP contribution is 2.26. The fourth-order valence-electron chi connectivity index (χ4n) is 2.42. The van der Waals surface area contributed by atoms with Crippen LogP contribution in [0.3, 0.4) is 0 Å². The molecular weight excluding hydrogens is 262 g/mol. The minimum Gasteiger partial charge on any atom is -0.481 e. The Morgan fingerprint density at radius 3 is 2.71 bits per heavy atom. The third-order valence-corrected chi connectivity index (χ3v) is 3.47. The summed E-state index contributed by atoms with van der Waals surface area (Å²) in [5, 5.41) is 5.79. The predicted molar refractivity (Wildman–Crippen MR) is 84.6 cm³/mol. The van der Waals surface area contributed by atoms with Gasteiger partial charge in [-0.15, -0.1) is 0 Å². The molecule has 0 aliphatic carbocycles. The molecule has 1 aromatic heterocycles. The lowest BCUT2D eigenvalue weighted by Gasteiger charge is -2.16. The average Bonchev–Trinajstić information content (AvgIpc) is 2.54. The van der Waals surface area contributed by atoms with E-state index in [0.29, 0.717) is 11.8 Å². The van der Waals surface area contributed by atoms with Gasteiger partial charge in [0.25, 0.3) is 0 Å². The minimum atomic E-state index is 0.100. The summed E-state index contributed by atoms with van der Waals surface area (Å²) in [6, 6.07) is 16.5. The summed E-state index contributed by atoms with van der Waals surface area (Å²) < 4.78 is 5.12. The standard InChI is InChI=1S/C17H17N3O/c1-12(19-17-18-11-10-16(20-17)21-2)14-9-5-7-13-6-3-4-8-15(13)14/h3-12H,1-2H3,(H,18,19,20)/t12-/m0/s1. The van der Waals surface area contributed by atoms with Crippen molar-refractivity contribution in [3.05, 3.63) is 60.3 Å². The van der Waals surface area contributed by atoms with Gasteiger partial charge in [0.1, 0.15) is 0 Å². The first kappa shape index (κ1) is 13.4. The van der Waals surface area contributed by atoms with Crippen molar-refractivity contribution in [2.75, 3.05) is 12.4 Å². The van der Waals surface area contributed by atoms with Gasteiger partial charge in [-0.2, -0.15) is 4.98 Å². The fourth-order valence-corrected chi connectivity index (χ4v) is 2.42. The van der Waals surface area contributed by atoms with E-state index in [0.717, 1.165) is 0 Å². The first-order chi connectivity index (χ1) is 10.3. The van der Waals surface area contributed by atoms with Crippen molar-refractivity contribution in [2.24, 2.45) is 0 Å². The van der Waals surface area contributed by atoms with Gasteiger partial charge in [-0.25, -0.2) is 4.98 Å². The zero-order valence-electron chi connectivity index (χ0n) is 12.1. The molecule has 21 heavy (non-hydrogen) atoms. The van der Waals surface area contributed by atoms with Gasteiger partial charge in [-0.05, 0) is 23.3 Å². The molecular formula is C17H17N3O. The quantitative estimate of drug-likeness (QED) is 0.789. The molecule has 0 aliphatic rings. The molecule has 4 heteroatoms. The molecule has 106 valence electrons. The Balaban J connectivity index is 1.91. The van der Waals surface area contributed by atoms with Gasteiger partial charge >= 0.3 is 0 Å². The van der Waals surface area contributed by atoms with Crippen molar-refractivity contribution in [3.8, 4) is 5.88 Å². The number of hydrogen-bond donors (Lipinski definition) is 1. The molecule has 1 heterocycles. The summed E-state index contributed by atoms with van der Waals surface area (Å²) in [5.41, 5.74) is 1.22. The normalized spacial score (nSPS) is 12.1. The van der Waals surface area contributed by atoms with Crippen LogP contribution in [-0.4, -0.2) is 17.1 Å². The molecule has 0 saturated heterocycles. The SMILES string of the molecule is COc1ccnc(N[C@@H](C)c2cccc3ccccc23)n1. The highest BCUT2D eigenvalue weighted by atomic mass is 16.5. The van der Waals surface area contributed by atoms with Gasteiger partial charge in [0.15, 0.2) is 0 Å². The number of aromatic nitrogens is 2. The average molecular weight is 279 g/mol. The zero-order valence-corrected chi connectivity index (χ0v) is 12.1. The van der Waals surface area contributed by atoms with Gasteiger partial charge in [0.2, 0.25) is 11.8 Å². The van der Waals surface area contributed by atoms with Crippen LogP contribution in [0.1, 0.15) is 18.5 Å². The van der Waals surface area contributed by atoms with Gasteiger partial charge < -0.3 is 10.1 Å². The highest BCUT2D eigenvalue weighted by molar-refractivity contribution is 5.86. The van der Waals surface area contributed by atoms with E-state index in [1.165, 1.54) is 16.3 Å². The van der Waals surface area contributed by atoms with Crippen LogP contribution in [-0.2, 0) is 0 Å². The van der Waals surface area contributed by atoms with Crippen molar-refractivity contribution in [3.63, 3.8) is 0 Å². The van der Waals surface area contributed by atoms with Crippen molar-refractivity contribution in [2.45, 2.75) is 13.0 Å². The summed E-state index contributed by atoms with van der Waals surface area (Å²) in [5.74, 6) is 1.12. The minimum absolute atomic E-state index is 0.100. The Hall–Kier alpha value is -2.62. The van der Waals surface area contributed by atoms with E-state index in [-0.39, 0.29) is 6.04 Å². The third-order valence-electron chi connectivity index (χ3n) is 3.47. The number of nitrogens with one attached hydrogen (secondary N) is 1. The number of anilines is 1. The molecule has 0 amide bonds. The number of rotatable bonds is 4. The van der Waals surface area contributed by atoms with Gasteiger partial charge in [0.05, 0.1) is 13.2 Å². The van der Waals surface area contributed by atoms with E-state index in [1.807, 2.05) is 0 Å². The molecule has 4 nitrogen and oxygen atoms in total. The van der Waals surface area contributed by atoms with E-state index >= 15 is 0 Å². The Labute approximate surface area is 123 Å². The lowest BCUT2D eigenvalue weighted by atomic mass is 10.00. The second-order valence-electron chi connectivity index (χ2n) is 4.86. The Kier molecular flexibility index (Phi) is 3.69. The van der Waals surface area contributed by atoms with Crippen LogP contribution in [0.25, 0.3) is 10.8 Å². The Morgan fingerprint density at radius 1 is 1.05 bits per heavy atom. The van der Waals surface area contributed by atoms with Crippen molar-refractivity contribution in [1.29, 1.82) is 0 Å². The molecule has 2 aromatic carbocycles. The monoisotopic (exact) mass is 279 g/mol. The van der Waals surface area contributed by atoms with Crippen LogP contribution in [0.5, 0.6) is 5.88 Å². The molecule has 3 rings (SSSR count). The van der Waals surface area contributed by atoms with Crippen LogP contribution >= 0.6 is 0 Å². The number of methoxy groups -OCH3 is 1. The lowest BCUT2D eigenvalue weighted by molar-refractivity contribution is 0.397. The van der Waals surface area contributed by atoms with Gasteiger partial charge in [-0.3, -0.25) is 0 Å². The molecule has 0 aliphatic heterocycles. The summed E-state index contributed by atoms with van der Waals surface area (Å²) in [4.78, 5) is 8.52. The summed E-state index contributed by atoms with van der Waals surface area (Å²) in [6.07, 6.45) is 1.68. The molecule has 0 saturated carbocycles. The molecule has 0 fully saturated rings. The first-order valence-electron chi connectivity index (χ1n) is 6.89. The molecule has 0 radical (unpaired) electrons. The topological polar surface area (TPSA) is 47.0 Å². The highest BCUT2D eigenvalue weighted by Gasteiger charge is 2.10. The third kappa shape index (κ3) is 2.79. The number of nitrogens with zero attached hydrogens (tertiary/aromatic N) is 2. The van der Waals surface area contributed by atoms with Crippen LogP contribution in [0.15, 0.2) is 54.7 Å². The maximum atomic E-state index is 5.12. The van der Waals surface area contributed by atoms with E-state index < -0.39 is 0 Å². The second-order valence-corrected chi connectivity index (χ2v) is 4.86. The molecule has 1 N–H and O–H groups in total. The maximum Gasteiger partial charge on any atom is 0.226 e. The van der Waals surface area contributed by atoms with Crippen LogP contribution in [0, 0.1) is 0 Å². The van der Waals surface area contributed by atoms with E-state index in [4.69, 9.17) is 4.74 Å². The van der Waals surface area contributed by atoms with E-state index in [1.54, 1.807) is 19.4 Å². The smallest absolute Gasteiger partial charge is 0.226 e. The molecule has 3 aromatic rings. The summed E-state index contributed by atoms with van der Waals surface area (Å²) >= 11 is 0. The maximum absolute atomic E-state index is 5.12. The van der Waals surface area contributed by atoms with Crippen molar-refractivity contribution >= 4 is 16.7 Å². The zero-order chi connectivity index (χ0) is 14.7. The van der Waals surface area contributed by atoms with E-state index in [9.17, 15) is 0 Å². The number of hydrogen-bond acceptors (Lipinski definition) is 4.